The van der Waals surface area contributed by atoms with Crippen molar-refractivity contribution in [3.63, 3.8) is 0 Å². The number of fused-ring (bicyclic) bond motifs is 4. The van der Waals surface area contributed by atoms with Gasteiger partial charge in [-0.2, -0.15) is 5.09 Å². The molecule has 0 bridgehead atoms. The van der Waals surface area contributed by atoms with Gasteiger partial charge in [-0.05, 0) is 59.1 Å². The predicted octanol–water partition coefficient (Wildman–Crippen LogP) is 6.04. The van der Waals surface area contributed by atoms with Crippen molar-refractivity contribution in [2.75, 3.05) is 18.9 Å². The Morgan fingerprint density at radius 3 is 2.41 bits per heavy atom. The van der Waals surface area contributed by atoms with Crippen LogP contribution in [0.2, 0.25) is 0 Å². The maximum absolute atomic E-state index is 14.6. The van der Waals surface area contributed by atoms with E-state index in [2.05, 4.69) is 15.1 Å². The minimum absolute atomic E-state index is 0.0488. The molecule has 0 amide bonds. The number of ether oxygens (including phenoxy) is 2. The lowest BCUT2D eigenvalue weighted by molar-refractivity contribution is -0.156. The van der Waals surface area contributed by atoms with E-state index in [-0.39, 0.29) is 18.2 Å². The highest BCUT2D eigenvalue weighted by Gasteiger charge is 2.38. The Morgan fingerprint density at radius 2 is 1.70 bits per heavy atom. The molecular formula is C33H40N5O7P. The van der Waals surface area contributed by atoms with E-state index in [4.69, 9.17) is 24.3 Å². The fraction of sp³-hybridized carbons (Fsp3) is 0.364. The Bertz CT molecular complexity index is 1930. The van der Waals surface area contributed by atoms with E-state index in [9.17, 15) is 14.5 Å². The average Bonchev–Trinajstić information content (AvgIpc) is 3.40. The molecule has 2 aromatic heterocycles. The summed E-state index contributed by atoms with van der Waals surface area (Å²) in [6, 6.07) is 19.0. The minimum atomic E-state index is -4.39. The quantitative estimate of drug-likeness (QED) is 0.107. The smallest absolute Gasteiger partial charge is 0.459 e. The first-order valence-electron chi connectivity index (χ1n) is 15.0. The number of nitrogens with two attached hydrogens (primary N) is 1. The van der Waals surface area contributed by atoms with E-state index in [0.717, 1.165) is 5.39 Å². The van der Waals surface area contributed by atoms with Gasteiger partial charge in [-0.1, -0.05) is 54.6 Å². The first-order chi connectivity index (χ1) is 21.7. The van der Waals surface area contributed by atoms with Crippen molar-refractivity contribution in [2.24, 2.45) is 0 Å². The summed E-state index contributed by atoms with van der Waals surface area (Å²) in [4.78, 5) is 22.1. The van der Waals surface area contributed by atoms with Gasteiger partial charge in [0.25, 0.3) is 0 Å². The number of nitrogens with zero attached hydrogens (tertiary/aromatic N) is 3. The largest absolute Gasteiger partial charge is 0.459 e. The molecule has 3 atom stereocenters. The van der Waals surface area contributed by atoms with Gasteiger partial charge in [-0.3, -0.25) is 13.9 Å². The van der Waals surface area contributed by atoms with Crippen LogP contribution in [-0.4, -0.2) is 50.5 Å². The van der Waals surface area contributed by atoms with Crippen LogP contribution in [0, 0.1) is 0 Å². The molecular weight excluding hydrogens is 609 g/mol. The summed E-state index contributed by atoms with van der Waals surface area (Å²) < 4.78 is 39.4. The van der Waals surface area contributed by atoms with Crippen molar-refractivity contribution in [1.29, 1.82) is 0 Å². The molecule has 0 aliphatic rings. The topological polar surface area (TPSA) is 160 Å². The Balaban J connectivity index is 1.55. The highest BCUT2D eigenvalue weighted by molar-refractivity contribution is 7.52. The summed E-state index contributed by atoms with van der Waals surface area (Å²) in [5.41, 5.74) is 5.15. The molecule has 12 nitrogen and oxygen atoms in total. The van der Waals surface area contributed by atoms with E-state index in [1.54, 1.807) is 37.5 Å². The highest BCUT2D eigenvalue weighted by atomic mass is 31.2. The van der Waals surface area contributed by atoms with Crippen LogP contribution in [0.15, 0.2) is 66.7 Å². The van der Waals surface area contributed by atoms with E-state index in [1.165, 1.54) is 13.8 Å². The summed E-state index contributed by atoms with van der Waals surface area (Å²) in [6.45, 7) is 9.94. The molecule has 244 valence electrons. The SMILES string of the molecule is CCOCc1nc2c(N)nc3ccccc3c2n1C(C)(O)COP(=O)(N[C@@H](C)C(=O)OC(C)(C)C)Oc1cccc2ccccc12. The third-order valence-corrected chi connectivity index (χ3v) is 8.70. The van der Waals surface area contributed by atoms with Crippen LogP contribution in [0.4, 0.5) is 5.82 Å². The number of anilines is 1. The van der Waals surface area contributed by atoms with Crippen molar-refractivity contribution < 1.29 is 33.0 Å². The minimum Gasteiger partial charge on any atom is -0.459 e. The zero-order valence-electron chi connectivity index (χ0n) is 26.8. The van der Waals surface area contributed by atoms with Gasteiger partial charge < -0.3 is 24.8 Å². The van der Waals surface area contributed by atoms with Crippen LogP contribution in [0.3, 0.4) is 0 Å². The molecule has 0 saturated carbocycles. The van der Waals surface area contributed by atoms with Crippen LogP contribution >= 0.6 is 7.75 Å². The van der Waals surface area contributed by atoms with Crippen molar-refractivity contribution in [3.05, 3.63) is 72.6 Å². The van der Waals surface area contributed by atoms with Crippen LogP contribution < -0.4 is 15.3 Å². The van der Waals surface area contributed by atoms with E-state index in [1.807, 2.05) is 61.5 Å². The maximum atomic E-state index is 14.6. The number of aliphatic hydroxyl groups is 1. The van der Waals surface area contributed by atoms with E-state index in [0.29, 0.717) is 39.8 Å². The second-order valence-corrected chi connectivity index (χ2v) is 13.8. The first kappa shape index (κ1) is 33.3. The molecule has 0 saturated heterocycles. The van der Waals surface area contributed by atoms with Crippen LogP contribution in [0.5, 0.6) is 5.75 Å². The summed E-state index contributed by atoms with van der Waals surface area (Å²) in [6.07, 6.45) is 0. The molecule has 4 N–H and O–H groups in total. The lowest BCUT2D eigenvalue weighted by atomic mass is 10.1. The molecule has 13 heteroatoms. The zero-order valence-corrected chi connectivity index (χ0v) is 27.7. The monoisotopic (exact) mass is 649 g/mol. The lowest BCUT2D eigenvalue weighted by Gasteiger charge is -2.31. The first-order valence-corrected chi connectivity index (χ1v) is 16.5. The van der Waals surface area contributed by atoms with Crippen LogP contribution in [-0.2, 0) is 35.7 Å². The lowest BCUT2D eigenvalue weighted by Crippen LogP contribution is -2.41. The number of imidazole rings is 1. The molecule has 46 heavy (non-hydrogen) atoms. The summed E-state index contributed by atoms with van der Waals surface area (Å²) in [7, 11) is -4.39. The molecule has 5 aromatic rings. The van der Waals surface area contributed by atoms with Gasteiger partial charge in [0.05, 0.1) is 11.0 Å². The van der Waals surface area contributed by atoms with Gasteiger partial charge in [0, 0.05) is 17.4 Å². The molecule has 0 aliphatic heterocycles. The number of nitrogens with one attached hydrogen (secondary N) is 1. The fourth-order valence-electron chi connectivity index (χ4n) is 5.10. The summed E-state index contributed by atoms with van der Waals surface area (Å²) in [5.74, 6) is 0.147. The number of rotatable bonds is 12. The van der Waals surface area contributed by atoms with Gasteiger partial charge >= 0.3 is 13.7 Å². The Hall–Kier alpha value is -4.06. The molecule has 0 radical (unpaired) electrons. The van der Waals surface area contributed by atoms with Crippen LogP contribution in [0.25, 0.3) is 32.7 Å². The normalized spacial score (nSPS) is 15.5. The number of hydrogen-bond acceptors (Lipinski definition) is 10. The summed E-state index contributed by atoms with van der Waals surface area (Å²) >= 11 is 0. The Labute approximate surface area is 267 Å². The standard InChI is InChI=1S/C33H40N5O7P/c1-7-42-19-27-36-28-29(24-16-10-11-17-25(24)35-30(28)34)38(27)33(6,40)20-43-46(41,37-21(2)31(39)44-32(3,4)5)45-26-18-12-14-22-13-8-9-15-23(22)26/h8-18,21,40H,7,19-20H2,1-6H3,(H2,34,35)(H,37,41)/t21-,33?,46?/m0/s1. The van der Waals surface area contributed by atoms with E-state index < -0.39 is 37.7 Å². The number of benzene rings is 3. The fourth-order valence-corrected chi connectivity index (χ4v) is 6.70. The second-order valence-electron chi connectivity index (χ2n) is 12.2. The number of pyridine rings is 1. The molecule has 5 rings (SSSR count). The van der Waals surface area contributed by atoms with Crippen molar-refractivity contribution in [2.45, 2.75) is 65.5 Å². The van der Waals surface area contributed by atoms with Gasteiger partial charge in [0.1, 0.15) is 41.9 Å². The molecule has 3 aromatic carbocycles. The number of carbonyl (C=O) groups is 1. The number of nitrogen functional groups attached to an aromatic ring is 1. The van der Waals surface area contributed by atoms with Crippen molar-refractivity contribution in [3.8, 4) is 5.75 Å². The van der Waals surface area contributed by atoms with Gasteiger partial charge in [-0.15, -0.1) is 0 Å². The number of hydrogen-bond donors (Lipinski definition) is 3. The number of carbonyl (C=O) groups excluding carboxylic acids is 1. The van der Waals surface area contributed by atoms with Gasteiger partial charge in [0.15, 0.2) is 11.5 Å². The number of esters is 1. The Morgan fingerprint density at radius 1 is 1.02 bits per heavy atom. The second kappa shape index (κ2) is 13.0. The number of aromatic nitrogens is 3. The van der Waals surface area contributed by atoms with Crippen molar-refractivity contribution in [1.82, 2.24) is 19.6 Å². The molecule has 0 spiro atoms. The highest BCUT2D eigenvalue weighted by Crippen LogP contribution is 2.48. The zero-order chi connectivity index (χ0) is 33.3. The predicted molar refractivity (Wildman–Crippen MR) is 177 cm³/mol. The van der Waals surface area contributed by atoms with E-state index >= 15 is 0 Å². The summed E-state index contributed by atoms with van der Waals surface area (Å²) in [5, 5.41) is 17.0. The van der Waals surface area contributed by atoms with Gasteiger partial charge in [0.2, 0.25) is 0 Å². The van der Waals surface area contributed by atoms with Crippen molar-refractivity contribution >= 4 is 52.2 Å². The maximum Gasteiger partial charge on any atom is 0.459 e. The molecule has 0 aliphatic carbocycles. The third kappa shape index (κ3) is 7.16. The molecule has 0 fully saturated rings. The van der Waals surface area contributed by atoms with Crippen LogP contribution in [0.1, 0.15) is 47.4 Å². The van der Waals surface area contributed by atoms with Gasteiger partial charge in [-0.25, -0.2) is 14.5 Å². The average molecular weight is 650 g/mol. The molecule has 2 unspecified atom stereocenters. The number of para-hydroxylation sites is 1. The Kier molecular flexibility index (Phi) is 9.40. The molecule has 2 heterocycles. The third-order valence-electron chi connectivity index (χ3n) is 7.09.